The third-order valence-corrected chi connectivity index (χ3v) is 2.01. The number of methoxy groups -OCH3 is 1. The van der Waals surface area contributed by atoms with Crippen LogP contribution in [0.4, 0.5) is 5.69 Å². The predicted octanol–water partition coefficient (Wildman–Crippen LogP) is 2.62. The molecule has 0 amide bonds. The van der Waals surface area contributed by atoms with Gasteiger partial charge in [-0.05, 0) is 18.6 Å². The largest absolute Gasteiger partial charge is 0.495 e. The van der Waals surface area contributed by atoms with Gasteiger partial charge in [-0.15, -0.1) is 0 Å². The molecule has 0 aliphatic heterocycles. The third-order valence-electron chi connectivity index (χ3n) is 1.64. The van der Waals surface area contributed by atoms with E-state index in [4.69, 9.17) is 16.3 Å². The Labute approximate surface area is 81.0 Å². The summed E-state index contributed by atoms with van der Waals surface area (Å²) in [5, 5.41) is 0.339. The number of halogens is 1. The number of isocyanates is 1. The molecule has 1 aromatic rings. The molecule has 68 valence electrons. The summed E-state index contributed by atoms with van der Waals surface area (Å²) in [6.45, 7) is 1.86. The Morgan fingerprint density at radius 1 is 1.54 bits per heavy atom. The van der Waals surface area contributed by atoms with Gasteiger partial charge in [0.15, 0.2) is 0 Å². The summed E-state index contributed by atoms with van der Waals surface area (Å²) in [5.74, 6) is 0.540. The van der Waals surface area contributed by atoms with Gasteiger partial charge in [-0.2, -0.15) is 4.99 Å². The molecular formula is C9H8ClNO2. The van der Waals surface area contributed by atoms with Crippen molar-refractivity contribution in [3.63, 3.8) is 0 Å². The van der Waals surface area contributed by atoms with Crippen molar-refractivity contribution in [3.05, 3.63) is 22.7 Å². The second-order valence-corrected chi connectivity index (χ2v) is 2.83. The number of carbonyl (C=O) groups excluding carboxylic acids is 1. The van der Waals surface area contributed by atoms with E-state index in [0.29, 0.717) is 16.5 Å². The van der Waals surface area contributed by atoms with Crippen LogP contribution in [0.5, 0.6) is 5.75 Å². The SMILES string of the molecule is COc1c(C)ccc(N=C=O)c1Cl. The van der Waals surface area contributed by atoms with Gasteiger partial charge in [0.2, 0.25) is 6.08 Å². The van der Waals surface area contributed by atoms with E-state index in [1.807, 2.05) is 6.92 Å². The van der Waals surface area contributed by atoms with E-state index < -0.39 is 0 Å². The van der Waals surface area contributed by atoms with E-state index in [1.54, 1.807) is 12.1 Å². The van der Waals surface area contributed by atoms with Crippen molar-refractivity contribution in [2.75, 3.05) is 7.11 Å². The van der Waals surface area contributed by atoms with Crippen molar-refractivity contribution < 1.29 is 9.53 Å². The zero-order chi connectivity index (χ0) is 9.84. The number of rotatable bonds is 2. The van der Waals surface area contributed by atoms with Gasteiger partial charge < -0.3 is 4.74 Å². The van der Waals surface area contributed by atoms with Crippen LogP contribution in [0.1, 0.15) is 5.56 Å². The normalized spacial score (nSPS) is 9.15. The molecule has 4 heteroatoms. The van der Waals surface area contributed by atoms with E-state index in [2.05, 4.69) is 4.99 Å². The van der Waals surface area contributed by atoms with Gasteiger partial charge in [0.25, 0.3) is 0 Å². The Hall–Kier alpha value is -1.31. The Morgan fingerprint density at radius 2 is 2.23 bits per heavy atom. The summed E-state index contributed by atoms with van der Waals surface area (Å²) in [6, 6.07) is 3.42. The molecule has 0 heterocycles. The minimum absolute atomic E-state index is 0.339. The fourth-order valence-corrected chi connectivity index (χ4v) is 1.36. The smallest absolute Gasteiger partial charge is 0.240 e. The lowest BCUT2D eigenvalue weighted by Crippen LogP contribution is -1.87. The van der Waals surface area contributed by atoms with Gasteiger partial charge in [0.05, 0.1) is 12.8 Å². The van der Waals surface area contributed by atoms with E-state index in [0.717, 1.165) is 5.56 Å². The molecule has 0 radical (unpaired) electrons. The Bertz CT molecular complexity index is 370. The van der Waals surface area contributed by atoms with Crippen molar-refractivity contribution in [2.45, 2.75) is 6.92 Å². The number of nitrogens with zero attached hydrogens (tertiary/aromatic N) is 1. The molecule has 0 atom stereocenters. The van der Waals surface area contributed by atoms with Gasteiger partial charge in [0.1, 0.15) is 10.8 Å². The van der Waals surface area contributed by atoms with Gasteiger partial charge in [-0.1, -0.05) is 17.7 Å². The quantitative estimate of drug-likeness (QED) is 0.540. The molecule has 0 fully saturated rings. The lowest BCUT2D eigenvalue weighted by Gasteiger charge is -2.07. The third kappa shape index (κ3) is 1.89. The van der Waals surface area contributed by atoms with Crippen molar-refractivity contribution in [3.8, 4) is 5.75 Å². The van der Waals surface area contributed by atoms with E-state index in [1.165, 1.54) is 13.2 Å². The van der Waals surface area contributed by atoms with Crippen molar-refractivity contribution >= 4 is 23.4 Å². The number of aliphatic imine (C=N–C) groups is 1. The van der Waals surface area contributed by atoms with Crippen LogP contribution in [0.15, 0.2) is 17.1 Å². The number of hydrogen-bond donors (Lipinski definition) is 0. The predicted molar refractivity (Wildman–Crippen MR) is 50.5 cm³/mol. The van der Waals surface area contributed by atoms with Crippen molar-refractivity contribution in [1.82, 2.24) is 0 Å². The zero-order valence-corrected chi connectivity index (χ0v) is 8.05. The minimum atomic E-state index is 0.339. The first-order chi connectivity index (χ1) is 6.20. The molecule has 0 unspecified atom stereocenters. The van der Waals surface area contributed by atoms with Crippen LogP contribution in [0.25, 0.3) is 0 Å². The fraction of sp³-hybridized carbons (Fsp3) is 0.222. The van der Waals surface area contributed by atoms with Crippen LogP contribution in [-0.2, 0) is 4.79 Å². The highest BCUT2D eigenvalue weighted by molar-refractivity contribution is 6.34. The highest BCUT2D eigenvalue weighted by Gasteiger charge is 2.08. The molecule has 0 N–H and O–H groups in total. The van der Waals surface area contributed by atoms with Gasteiger partial charge in [0, 0.05) is 0 Å². The van der Waals surface area contributed by atoms with E-state index in [-0.39, 0.29) is 0 Å². The molecule has 0 aliphatic carbocycles. The lowest BCUT2D eigenvalue weighted by molar-refractivity contribution is 0.412. The van der Waals surface area contributed by atoms with E-state index in [9.17, 15) is 4.79 Å². The topological polar surface area (TPSA) is 38.7 Å². The minimum Gasteiger partial charge on any atom is -0.495 e. The van der Waals surface area contributed by atoms with Gasteiger partial charge >= 0.3 is 0 Å². The summed E-state index contributed by atoms with van der Waals surface area (Å²) in [5.41, 5.74) is 1.27. The highest BCUT2D eigenvalue weighted by atomic mass is 35.5. The second kappa shape index (κ2) is 4.08. The van der Waals surface area contributed by atoms with Crippen LogP contribution in [0, 0.1) is 6.92 Å². The molecule has 0 spiro atoms. The first kappa shape index (κ1) is 9.78. The summed E-state index contributed by atoms with van der Waals surface area (Å²) >= 11 is 5.90. The Balaban J connectivity index is 3.35. The molecule has 0 saturated carbocycles. The molecule has 0 aliphatic rings. The van der Waals surface area contributed by atoms with Crippen molar-refractivity contribution in [2.24, 2.45) is 4.99 Å². The average Bonchev–Trinajstić information content (AvgIpc) is 2.11. The molecule has 3 nitrogen and oxygen atoms in total. The Morgan fingerprint density at radius 3 is 2.77 bits per heavy atom. The molecule has 0 bridgehead atoms. The van der Waals surface area contributed by atoms with E-state index >= 15 is 0 Å². The zero-order valence-electron chi connectivity index (χ0n) is 7.30. The first-order valence-corrected chi connectivity index (χ1v) is 3.99. The van der Waals surface area contributed by atoms with Crippen LogP contribution >= 0.6 is 11.6 Å². The standard InChI is InChI=1S/C9H8ClNO2/c1-6-3-4-7(11-5-12)8(10)9(6)13-2/h3-4H,1-2H3. The molecule has 1 aromatic carbocycles. The summed E-state index contributed by atoms with van der Waals surface area (Å²) in [4.78, 5) is 13.5. The number of hydrogen-bond acceptors (Lipinski definition) is 3. The molecule has 13 heavy (non-hydrogen) atoms. The fourth-order valence-electron chi connectivity index (χ4n) is 1.03. The monoisotopic (exact) mass is 197 g/mol. The average molecular weight is 198 g/mol. The summed E-state index contributed by atoms with van der Waals surface area (Å²) < 4.78 is 5.04. The molecule has 0 aromatic heterocycles. The van der Waals surface area contributed by atoms with Gasteiger partial charge in [-0.25, -0.2) is 4.79 Å². The van der Waals surface area contributed by atoms with Crippen LogP contribution < -0.4 is 4.74 Å². The van der Waals surface area contributed by atoms with Crippen LogP contribution in [0.3, 0.4) is 0 Å². The van der Waals surface area contributed by atoms with Gasteiger partial charge in [-0.3, -0.25) is 0 Å². The molecule has 1 rings (SSSR count). The Kier molecular flexibility index (Phi) is 3.07. The lowest BCUT2D eigenvalue weighted by atomic mass is 10.2. The summed E-state index contributed by atoms with van der Waals surface area (Å²) in [6.07, 6.45) is 1.43. The summed E-state index contributed by atoms with van der Waals surface area (Å²) in [7, 11) is 1.52. The molecule has 0 saturated heterocycles. The number of aryl methyl sites for hydroxylation is 1. The maximum Gasteiger partial charge on any atom is 0.240 e. The van der Waals surface area contributed by atoms with Crippen LogP contribution in [0.2, 0.25) is 5.02 Å². The maximum atomic E-state index is 10.0. The molecular weight excluding hydrogens is 190 g/mol. The second-order valence-electron chi connectivity index (χ2n) is 2.45. The van der Waals surface area contributed by atoms with Crippen molar-refractivity contribution in [1.29, 1.82) is 0 Å². The number of benzene rings is 1. The first-order valence-electron chi connectivity index (χ1n) is 3.61. The number of ether oxygens (including phenoxy) is 1. The van der Waals surface area contributed by atoms with Crippen LogP contribution in [-0.4, -0.2) is 13.2 Å². The maximum absolute atomic E-state index is 10.0. The highest BCUT2D eigenvalue weighted by Crippen LogP contribution is 2.36.